The third-order valence-corrected chi connectivity index (χ3v) is 3.39. The van der Waals surface area contributed by atoms with Gasteiger partial charge in [-0.3, -0.25) is 0 Å². The second-order valence-corrected chi connectivity index (χ2v) is 4.85. The molecule has 2 rings (SSSR count). The molecule has 0 atom stereocenters. The number of aromatic carboxylic acids is 1. The van der Waals surface area contributed by atoms with Gasteiger partial charge in [0.05, 0.1) is 21.3 Å². The van der Waals surface area contributed by atoms with Crippen LogP contribution in [0.25, 0.3) is 0 Å². The van der Waals surface area contributed by atoms with Crippen molar-refractivity contribution in [2.24, 2.45) is 0 Å². The summed E-state index contributed by atoms with van der Waals surface area (Å²) in [5.41, 5.74) is 0.787. The molecule has 21 heavy (non-hydrogen) atoms. The Morgan fingerprint density at radius 1 is 1.00 bits per heavy atom. The molecule has 0 bridgehead atoms. The third kappa shape index (κ3) is 3.87. The maximum Gasteiger partial charge on any atom is 0.335 e. The minimum atomic E-state index is -1.07. The molecule has 0 spiro atoms. The maximum atomic E-state index is 11.9. The summed E-state index contributed by atoms with van der Waals surface area (Å²) in [4.78, 5) is 22.7. The topological polar surface area (TPSA) is 78.4 Å². The lowest BCUT2D eigenvalue weighted by atomic mass is 10.2. The Balaban J connectivity index is 2.10. The molecule has 2 amide bonds. The van der Waals surface area contributed by atoms with Crippen molar-refractivity contribution in [3.05, 3.63) is 58.1 Å². The van der Waals surface area contributed by atoms with Gasteiger partial charge in [-0.2, -0.15) is 0 Å². The first-order valence-electron chi connectivity index (χ1n) is 5.83. The number of halogens is 2. The van der Waals surface area contributed by atoms with Crippen molar-refractivity contribution < 1.29 is 14.7 Å². The average Bonchev–Trinajstić information content (AvgIpc) is 2.44. The number of hydrogen-bond acceptors (Lipinski definition) is 2. The number of carbonyl (C=O) groups excluding carboxylic acids is 1. The highest BCUT2D eigenvalue weighted by Crippen LogP contribution is 2.29. The van der Waals surface area contributed by atoms with E-state index in [9.17, 15) is 9.59 Å². The number of carboxylic acids is 1. The van der Waals surface area contributed by atoms with Gasteiger partial charge in [0, 0.05) is 5.69 Å². The molecule has 3 N–H and O–H groups in total. The number of benzene rings is 2. The van der Waals surface area contributed by atoms with Crippen molar-refractivity contribution in [1.82, 2.24) is 0 Å². The van der Waals surface area contributed by atoms with Crippen molar-refractivity contribution in [2.45, 2.75) is 0 Å². The van der Waals surface area contributed by atoms with Gasteiger partial charge in [-0.15, -0.1) is 0 Å². The fourth-order valence-electron chi connectivity index (χ4n) is 1.61. The Labute approximate surface area is 130 Å². The predicted molar refractivity (Wildman–Crippen MR) is 82.5 cm³/mol. The molecule has 0 saturated carbocycles. The highest BCUT2D eigenvalue weighted by Gasteiger charge is 2.09. The number of hydrogen-bond donors (Lipinski definition) is 3. The van der Waals surface area contributed by atoms with Crippen LogP contribution in [-0.4, -0.2) is 17.1 Å². The minimum absolute atomic E-state index is 0.0774. The summed E-state index contributed by atoms with van der Waals surface area (Å²) in [6.45, 7) is 0. The predicted octanol–water partition coefficient (Wildman–Crippen LogP) is 4.34. The molecule has 0 aliphatic heterocycles. The lowest BCUT2D eigenvalue weighted by molar-refractivity contribution is 0.0697. The smallest absolute Gasteiger partial charge is 0.335 e. The van der Waals surface area contributed by atoms with E-state index in [1.54, 1.807) is 24.3 Å². The molecule has 108 valence electrons. The Bertz CT molecular complexity index is 704. The number of rotatable bonds is 3. The summed E-state index contributed by atoms with van der Waals surface area (Å²) in [6.07, 6.45) is 0. The van der Waals surface area contributed by atoms with Gasteiger partial charge in [-0.25, -0.2) is 9.59 Å². The Morgan fingerprint density at radius 3 is 2.43 bits per heavy atom. The number of nitrogens with one attached hydrogen (secondary N) is 2. The zero-order valence-corrected chi connectivity index (χ0v) is 12.1. The summed E-state index contributed by atoms with van der Waals surface area (Å²) in [7, 11) is 0. The molecule has 0 fully saturated rings. The summed E-state index contributed by atoms with van der Waals surface area (Å²) >= 11 is 11.8. The van der Waals surface area contributed by atoms with E-state index in [1.807, 2.05) is 0 Å². The molecule has 0 aromatic heterocycles. The van der Waals surface area contributed by atoms with E-state index in [2.05, 4.69) is 10.6 Å². The summed E-state index contributed by atoms with van der Waals surface area (Å²) in [5, 5.41) is 14.5. The molecule has 5 nitrogen and oxygen atoms in total. The van der Waals surface area contributed by atoms with Crippen LogP contribution in [0, 0.1) is 0 Å². The molecule has 2 aromatic rings. The molecule has 0 radical (unpaired) electrons. The minimum Gasteiger partial charge on any atom is -0.478 e. The van der Waals surface area contributed by atoms with E-state index in [0.29, 0.717) is 16.4 Å². The first kappa shape index (κ1) is 15.2. The number of carboxylic acid groups (broad SMARTS) is 1. The molecule has 0 saturated heterocycles. The first-order valence-corrected chi connectivity index (χ1v) is 6.58. The first-order chi connectivity index (χ1) is 9.97. The van der Waals surface area contributed by atoms with Crippen LogP contribution in [0.15, 0.2) is 42.5 Å². The highest BCUT2D eigenvalue weighted by atomic mass is 35.5. The SMILES string of the molecule is O=C(Nc1cccc(C(=O)O)c1)Nc1cccc(Cl)c1Cl. The van der Waals surface area contributed by atoms with Crippen LogP contribution in [0.1, 0.15) is 10.4 Å². The molecule has 0 unspecified atom stereocenters. The number of anilines is 2. The summed E-state index contributed by atoms with van der Waals surface area (Å²) in [5.74, 6) is -1.07. The second kappa shape index (κ2) is 6.47. The van der Waals surface area contributed by atoms with Crippen molar-refractivity contribution in [1.29, 1.82) is 0 Å². The van der Waals surface area contributed by atoms with Crippen LogP contribution < -0.4 is 10.6 Å². The number of urea groups is 1. The van der Waals surface area contributed by atoms with Crippen LogP contribution in [0.3, 0.4) is 0 Å². The van der Waals surface area contributed by atoms with Crippen molar-refractivity contribution in [3.8, 4) is 0 Å². The zero-order valence-electron chi connectivity index (χ0n) is 10.6. The van der Waals surface area contributed by atoms with Gasteiger partial charge in [0.25, 0.3) is 0 Å². The highest BCUT2D eigenvalue weighted by molar-refractivity contribution is 6.44. The normalized spacial score (nSPS) is 10.0. The fraction of sp³-hybridized carbons (Fsp3) is 0. The fourth-order valence-corrected chi connectivity index (χ4v) is 1.96. The van der Waals surface area contributed by atoms with Crippen molar-refractivity contribution >= 4 is 46.6 Å². The van der Waals surface area contributed by atoms with Crippen LogP contribution in [0.4, 0.5) is 16.2 Å². The maximum absolute atomic E-state index is 11.9. The van der Waals surface area contributed by atoms with Gasteiger partial charge in [-0.1, -0.05) is 35.3 Å². The summed E-state index contributed by atoms with van der Waals surface area (Å²) < 4.78 is 0. The van der Waals surface area contributed by atoms with Crippen molar-refractivity contribution in [2.75, 3.05) is 10.6 Å². The molecule has 0 aliphatic rings. The van der Waals surface area contributed by atoms with E-state index in [0.717, 1.165) is 0 Å². The second-order valence-electron chi connectivity index (χ2n) is 4.07. The van der Waals surface area contributed by atoms with Crippen LogP contribution in [0.5, 0.6) is 0 Å². The van der Waals surface area contributed by atoms with Crippen LogP contribution in [-0.2, 0) is 0 Å². The Hall–Kier alpha value is -2.24. The van der Waals surface area contributed by atoms with E-state index in [1.165, 1.54) is 18.2 Å². The van der Waals surface area contributed by atoms with Gasteiger partial charge in [-0.05, 0) is 30.3 Å². The Kier molecular flexibility index (Phi) is 4.67. The van der Waals surface area contributed by atoms with Crippen LogP contribution in [0.2, 0.25) is 10.0 Å². The quantitative estimate of drug-likeness (QED) is 0.785. The number of amides is 2. The monoisotopic (exact) mass is 324 g/mol. The lowest BCUT2D eigenvalue weighted by Crippen LogP contribution is -2.19. The molecule has 0 aliphatic carbocycles. The summed E-state index contributed by atoms with van der Waals surface area (Å²) in [6, 6.07) is 10.2. The van der Waals surface area contributed by atoms with E-state index in [-0.39, 0.29) is 10.6 Å². The average molecular weight is 325 g/mol. The zero-order chi connectivity index (χ0) is 15.4. The molecule has 7 heteroatoms. The molecule has 2 aromatic carbocycles. The van der Waals surface area contributed by atoms with Gasteiger partial charge in [0.1, 0.15) is 0 Å². The van der Waals surface area contributed by atoms with Crippen LogP contribution >= 0.6 is 23.2 Å². The molecule has 0 heterocycles. The third-order valence-electron chi connectivity index (χ3n) is 2.57. The Morgan fingerprint density at radius 2 is 1.71 bits per heavy atom. The van der Waals surface area contributed by atoms with Gasteiger partial charge < -0.3 is 15.7 Å². The van der Waals surface area contributed by atoms with Crippen molar-refractivity contribution in [3.63, 3.8) is 0 Å². The molecular weight excluding hydrogens is 315 g/mol. The van der Waals surface area contributed by atoms with E-state index in [4.69, 9.17) is 28.3 Å². The van der Waals surface area contributed by atoms with Gasteiger partial charge >= 0.3 is 12.0 Å². The van der Waals surface area contributed by atoms with E-state index < -0.39 is 12.0 Å². The number of carbonyl (C=O) groups is 2. The standard InChI is InChI=1S/C14H10Cl2N2O3/c15-10-5-2-6-11(12(10)16)18-14(21)17-9-4-1-3-8(7-9)13(19)20/h1-7H,(H,19,20)(H2,17,18,21). The lowest BCUT2D eigenvalue weighted by Gasteiger charge is -2.10. The van der Waals surface area contributed by atoms with E-state index >= 15 is 0 Å². The van der Waals surface area contributed by atoms with Gasteiger partial charge in [0.2, 0.25) is 0 Å². The molecular formula is C14H10Cl2N2O3. The van der Waals surface area contributed by atoms with Gasteiger partial charge in [0.15, 0.2) is 0 Å². The largest absolute Gasteiger partial charge is 0.478 e.